The molecule has 1 heterocycles. The van der Waals surface area contributed by atoms with Gasteiger partial charge in [-0.1, -0.05) is 37.3 Å². The van der Waals surface area contributed by atoms with Crippen LogP contribution in [0.15, 0.2) is 36.4 Å². The largest absolute Gasteiger partial charge is 0.478 e. The highest BCUT2D eigenvalue weighted by Gasteiger charge is 2.13. The maximum Gasteiger partial charge on any atom is 0.216 e. The van der Waals surface area contributed by atoms with Crippen molar-refractivity contribution >= 4 is 0 Å². The molecule has 1 aromatic carbocycles. The van der Waals surface area contributed by atoms with Gasteiger partial charge in [0.1, 0.15) is 5.82 Å². The Morgan fingerprint density at radius 3 is 2.57 bits per heavy atom. The third kappa shape index (κ3) is 4.53. The zero-order valence-electron chi connectivity index (χ0n) is 13.0. The summed E-state index contributed by atoms with van der Waals surface area (Å²) in [5.41, 5.74) is 2.27. The molecule has 0 radical (unpaired) electrons. The van der Waals surface area contributed by atoms with Crippen LogP contribution in [0.4, 0.5) is 0 Å². The molecular formula is C17H23N3O. The monoisotopic (exact) mass is 285 g/mol. The normalized spacial score (nSPS) is 12.1. The lowest BCUT2D eigenvalue weighted by molar-refractivity contribution is 0.324. The van der Waals surface area contributed by atoms with Gasteiger partial charge in [0.15, 0.2) is 0 Å². The lowest BCUT2D eigenvalue weighted by atomic mass is 10.0. The molecule has 0 saturated carbocycles. The molecule has 1 N–H and O–H groups in total. The smallest absolute Gasteiger partial charge is 0.216 e. The molecule has 2 aromatic rings. The average molecular weight is 285 g/mol. The van der Waals surface area contributed by atoms with E-state index in [0.29, 0.717) is 12.5 Å². The number of aryl methyl sites for hydroxylation is 1. The van der Waals surface area contributed by atoms with Crippen molar-refractivity contribution in [3.63, 3.8) is 0 Å². The predicted molar refractivity (Wildman–Crippen MR) is 84.5 cm³/mol. The van der Waals surface area contributed by atoms with Gasteiger partial charge in [-0.05, 0) is 26.0 Å². The van der Waals surface area contributed by atoms with E-state index in [1.165, 1.54) is 5.56 Å². The molecule has 1 atom stereocenters. The summed E-state index contributed by atoms with van der Waals surface area (Å²) in [5.74, 6) is 1.41. The van der Waals surface area contributed by atoms with Crippen LogP contribution in [0.25, 0.3) is 0 Å². The Morgan fingerprint density at radius 1 is 1.14 bits per heavy atom. The van der Waals surface area contributed by atoms with Crippen LogP contribution in [0, 0.1) is 6.92 Å². The maximum absolute atomic E-state index is 5.50. The minimum Gasteiger partial charge on any atom is -0.478 e. The van der Waals surface area contributed by atoms with Gasteiger partial charge in [0, 0.05) is 24.2 Å². The lowest BCUT2D eigenvalue weighted by Crippen LogP contribution is -2.23. The molecule has 1 aromatic heterocycles. The Balaban J connectivity index is 2.20. The summed E-state index contributed by atoms with van der Waals surface area (Å²) in [7, 11) is 0. The molecule has 2 rings (SSSR count). The molecule has 0 spiro atoms. The fraction of sp³-hybridized carbons (Fsp3) is 0.412. The van der Waals surface area contributed by atoms with Crippen LogP contribution in [0.2, 0.25) is 0 Å². The third-order valence-electron chi connectivity index (χ3n) is 3.23. The minimum absolute atomic E-state index is 0.250. The maximum atomic E-state index is 5.50. The second kappa shape index (κ2) is 7.74. The van der Waals surface area contributed by atoms with E-state index in [-0.39, 0.29) is 6.04 Å². The Bertz CT molecular complexity index is 557. The van der Waals surface area contributed by atoms with Crippen LogP contribution in [-0.4, -0.2) is 23.1 Å². The number of ether oxygens (including phenoxy) is 1. The summed E-state index contributed by atoms with van der Waals surface area (Å²) in [6, 6.07) is 12.6. The molecule has 21 heavy (non-hydrogen) atoms. The molecule has 0 amide bonds. The topological polar surface area (TPSA) is 47.0 Å². The van der Waals surface area contributed by atoms with Crippen molar-refractivity contribution in [3.05, 3.63) is 53.5 Å². The fourth-order valence-corrected chi connectivity index (χ4v) is 2.37. The molecule has 1 unspecified atom stereocenters. The summed E-state index contributed by atoms with van der Waals surface area (Å²) in [5, 5.41) is 3.52. The van der Waals surface area contributed by atoms with E-state index < -0.39 is 0 Å². The van der Waals surface area contributed by atoms with E-state index in [0.717, 1.165) is 24.5 Å². The van der Waals surface area contributed by atoms with Crippen molar-refractivity contribution in [1.82, 2.24) is 15.3 Å². The van der Waals surface area contributed by atoms with Crippen molar-refractivity contribution in [1.29, 1.82) is 0 Å². The number of likely N-dealkylation sites (N-methyl/N-ethyl adjacent to an activating group) is 1. The number of benzene rings is 1. The zero-order chi connectivity index (χ0) is 15.1. The van der Waals surface area contributed by atoms with Gasteiger partial charge in [0.05, 0.1) is 6.61 Å². The number of rotatable bonds is 7. The Labute approximate surface area is 126 Å². The highest BCUT2D eigenvalue weighted by Crippen LogP contribution is 2.19. The zero-order valence-corrected chi connectivity index (χ0v) is 13.0. The summed E-state index contributed by atoms with van der Waals surface area (Å²) in [4.78, 5) is 8.83. The molecular weight excluding hydrogens is 262 g/mol. The first-order chi connectivity index (χ1) is 10.2. The van der Waals surface area contributed by atoms with Crippen LogP contribution in [0.5, 0.6) is 5.88 Å². The van der Waals surface area contributed by atoms with E-state index >= 15 is 0 Å². The van der Waals surface area contributed by atoms with Crippen LogP contribution in [0.3, 0.4) is 0 Å². The van der Waals surface area contributed by atoms with Gasteiger partial charge in [0.2, 0.25) is 5.88 Å². The summed E-state index contributed by atoms with van der Waals surface area (Å²) in [6.45, 7) is 7.51. The van der Waals surface area contributed by atoms with Crippen molar-refractivity contribution in [3.8, 4) is 5.88 Å². The predicted octanol–water partition coefficient (Wildman–Crippen LogP) is 3.08. The van der Waals surface area contributed by atoms with Crippen molar-refractivity contribution in [2.45, 2.75) is 33.2 Å². The number of nitrogens with one attached hydrogen (secondary N) is 1. The van der Waals surface area contributed by atoms with Gasteiger partial charge in [-0.15, -0.1) is 0 Å². The van der Waals surface area contributed by atoms with Crippen molar-refractivity contribution in [2.75, 3.05) is 13.2 Å². The number of hydrogen-bond acceptors (Lipinski definition) is 4. The van der Waals surface area contributed by atoms with E-state index in [4.69, 9.17) is 4.74 Å². The standard InChI is InChI=1S/C17H23N3O/c1-4-18-16(14-9-7-6-8-10-14)11-15-12-17(21-5-2)20-13(3)19-15/h6-10,12,16,18H,4-5,11H2,1-3H3. The molecule has 4 heteroatoms. The molecule has 0 fully saturated rings. The molecule has 4 nitrogen and oxygen atoms in total. The summed E-state index contributed by atoms with van der Waals surface area (Å²) in [6.07, 6.45) is 0.821. The molecule has 0 bridgehead atoms. The van der Waals surface area contributed by atoms with E-state index in [1.54, 1.807) is 0 Å². The average Bonchev–Trinajstić information content (AvgIpc) is 2.47. The van der Waals surface area contributed by atoms with Gasteiger partial charge < -0.3 is 10.1 Å². The van der Waals surface area contributed by atoms with Crippen LogP contribution < -0.4 is 10.1 Å². The van der Waals surface area contributed by atoms with Gasteiger partial charge in [0.25, 0.3) is 0 Å². The fourth-order valence-electron chi connectivity index (χ4n) is 2.37. The van der Waals surface area contributed by atoms with Crippen LogP contribution >= 0.6 is 0 Å². The van der Waals surface area contributed by atoms with Crippen LogP contribution in [-0.2, 0) is 6.42 Å². The second-order valence-corrected chi connectivity index (χ2v) is 4.90. The number of hydrogen-bond donors (Lipinski definition) is 1. The van der Waals surface area contributed by atoms with E-state index in [2.05, 4.69) is 46.5 Å². The summed E-state index contributed by atoms with van der Waals surface area (Å²) < 4.78 is 5.50. The molecule has 0 aliphatic carbocycles. The highest BCUT2D eigenvalue weighted by molar-refractivity contribution is 5.23. The van der Waals surface area contributed by atoms with Gasteiger partial charge >= 0.3 is 0 Å². The number of aromatic nitrogens is 2. The molecule has 0 aliphatic heterocycles. The third-order valence-corrected chi connectivity index (χ3v) is 3.23. The number of nitrogens with zero attached hydrogens (tertiary/aromatic N) is 2. The SMILES string of the molecule is CCNC(Cc1cc(OCC)nc(C)n1)c1ccccc1. The minimum atomic E-state index is 0.250. The first-order valence-electron chi connectivity index (χ1n) is 7.48. The molecule has 0 saturated heterocycles. The Hall–Kier alpha value is -1.94. The van der Waals surface area contributed by atoms with Crippen molar-refractivity contribution in [2.24, 2.45) is 0 Å². The summed E-state index contributed by atoms with van der Waals surface area (Å²) >= 11 is 0. The van der Waals surface area contributed by atoms with Gasteiger partial charge in [-0.3, -0.25) is 0 Å². The molecule has 0 aliphatic rings. The first-order valence-corrected chi connectivity index (χ1v) is 7.48. The highest BCUT2D eigenvalue weighted by atomic mass is 16.5. The molecule has 112 valence electrons. The van der Waals surface area contributed by atoms with Crippen LogP contribution in [0.1, 0.15) is 37.0 Å². The second-order valence-electron chi connectivity index (χ2n) is 4.90. The Morgan fingerprint density at radius 2 is 1.90 bits per heavy atom. The van der Waals surface area contributed by atoms with Crippen molar-refractivity contribution < 1.29 is 4.74 Å². The van der Waals surface area contributed by atoms with E-state index in [1.807, 2.05) is 26.0 Å². The first kappa shape index (κ1) is 15.4. The van der Waals surface area contributed by atoms with Gasteiger partial charge in [-0.25, -0.2) is 4.98 Å². The quantitative estimate of drug-likeness (QED) is 0.849. The Kier molecular flexibility index (Phi) is 5.69. The lowest BCUT2D eigenvalue weighted by Gasteiger charge is -2.18. The van der Waals surface area contributed by atoms with Gasteiger partial charge in [-0.2, -0.15) is 4.98 Å². The van der Waals surface area contributed by atoms with E-state index in [9.17, 15) is 0 Å².